The first-order chi connectivity index (χ1) is 25.2. The fourth-order valence-corrected chi connectivity index (χ4v) is 5.77. The first kappa shape index (κ1) is 35.9. The number of halogens is 1. The third-order valence-corrected chi connectivity index (χ3v) is 8.63. The smallest absolute Gasteiger partial charge is 0.317 e. The summed E-state index contributed by atoms with van der Waals surface area (Å²) < 4.78 is 30.7. The van der Waals surface area contributed by atoms with Gasteiger partial charge in [0.05, 0.1) is 26.7 Å². The van der Waals surface area contributed by atoms with Crippen molar-refractivity contribution in [1.82, 2.24) is 20.4 Å². The molecular formula is C41H39FN4O6. The molecule has 0 radical (unpaired) electrons. The van der Waals surface area contributed by atoms with Gasteiger partial charge in [-0.1, -0.05) is 83.5 Å². The van der Waals surface area contributed by atoms with Gasteiger partial charge in [0.2, 0.25) is 11.7 Å². The predicted octanol–water partition coefficient (Wildman–Crippen LogP) is 7.35. The number of nitrogens with zero attached hydrogens (tertiary/aromatic N) is 3. The second-order valence-corrected chi connectivity index (χ2v) is 12.6. The summed E-state index contributed by atoms with van der Waals surface area (Å²) in [6, 6.07) is 28.4. The molecule has 1 aliphatic rings. The summed E-state index contributed by atoms with van der Waals surface area (Å²) in [6.45, 7) is 2.66. The number of hydrogen-bond donors (Lipinski definition) is 2. The van der Waals surface area contributed by atoms with Crippen LogP contribution in [0, 0.1) is 12.7 Å². The number of carbonyl (C=O) groups is 2. The molecule has 11 heteroatoms. The molecule has 0 spiro atoms. The van der Waals surface area contributed by atoms with Crippen LogP contribution in [0.2, 0.25) is 0 Å². The molecule has 0 saturated carbocycles. The van der Waals surface area contributed by atoms with Gasteiger partial charge in [-0.15, -0.1) is 0 Å². The number of ether oxygens (including phenoxy) is 2. The number of benzene rings is 4. The van der Waals surface area contributed by atoms with Gasteiger partial charge in [-0.3, -0.25) is 14.5 Å². The Labute approximate surface area is 301 Å². The maximum Gasteiger partial charge on any atom is 0.317 e. The van der Waals surface area contributed by atoms with Crippen LogP contribution in [0.15, 0.2) is 119 Å². The quantitative estimate of drug-likeness (QED) is 0.108. The molecule has 1 aliphatic carbocycles. The first-order valence-electron chi connectivity index (χ1n) is 16.9. The molecule has 1 aromatic heterocycles. The lowest BCUT2D eigenvalue weighted by Gasteiger charge is -2.22. The Morgan fingerprint density at radius 2 is 1.60 bits per heavy atom. The Bertz CT molecular complexity index is 2070. The van der Waals surface area contributed by atoms with Crippen molar-refractivity contribution in [3.63, 3.8) is 0 Å². The van der Waals surface area contributed by atoms with Crippen LogP contribution in [0.1, 0.15) is 29.5 Å². The van der Waals surface area contributed by atoms with E-state index in [0.717, 1.165) is 39.1 Å². The van der Waals surface area contributed by atoms with Crippen LogP contribution in [0.3, 0.4) is 0 Å². The summed E-state index contributed by atoms with van der Waals surface area (Å²) in [5, 5.41) is 16.5. The highest BCUT2D eigenvalue weighted by molar-refractivity contribution is 5.80. The van der Waals surface area contributed by atoms with Crippen molar-refractivity contribution in [3.8, 4) is 39.7 Å². The lowest BCUT2D eigenvalue weighted by atomic mass is 10.0. The van der Waals surface area contributed by atoms with Gasteiger partial charge in [0.1, 0.15) is 18.3 Å². The van der Waals surface area contributed by atoms with Crippen molar-refractivity contribution in [1.29, 1.82) is 0 Å². The van der Waals surface area contributed by atoms with E-state index in [9.17, 15) is 19.1 Å². The van der Waals surface area contributed by atoms with Crippen LogP contribution in [0.5, 0.6) is 5.75 Å². The minimum Gasteiger partial charge on any atom is -0.497 e. The Kier molecular flexibility index (Phi) is 11.6. The highest BCUT2D eigenvalue weighted by Crippen LogP contribution is 2.26. The van der Waals surface area contributed by atoms with E-state index < -0.39 is 11.8 Å². The molecule has 6 rings (SSSR count). The van der Waals surface area contributed by atoms with E-state index in [0.29, 0.717) is 49.0 Å². The van der Waals surface area contributed by atoms with Crippen LogP contribution in [-0.4, -0.2) is 59.0 Å². The predicted molar refractivity (Wildman–Crippen MR) is 194 cm³/mol. The number of amides is 1. The van der Waals surface area contributed by atoms with E-state index in [2.05, 4.69) is 46.6 Å². The normalized spacial score (nSPS) is 12.7. The summed E-state index contributed by atoms with van der Waals surface area (Å²) >= 11 is 0. The summed E-state index contributed by atoms with van der Waals surface area (Å²) in [5.74, 6) is -0.480. The molecule has 1 amide bonds. The Morgan fingerprint density at radius 1 is 0.904 bits per heavy atom. The molecule has 266 valence electrons. The number of aliphatic carboxylic acids is 1. The molecular weight excluding hydrogens is 663 g/mol. The fourth-order valence-electron chi connectivity index (χ4n) is 5.77. The number of carboxylic acid groups (broad SMARTS) is 1. The van der Waals surface area contributed by atoms with Crippen molar-refractivity contribution in [3.05, 3.63) is 137 Å². The van der Waals surface area contributed by atoms with Gasteiger partial charge in [-0.05, 0) is 71.9 Å². The number of methoxy groups -OCH3 is 1. The molecule has 0 unspecified atom stereocenters. The first-order valence-corrected chi connectivity index (χ1v) is 16.9. The van der Waals surface area contributed by atoms with Crippen molar-refractivity contribution in [2.75, 3.05) is 27.0 Å². The van der Waals surface area contributed by atoms with Gasteiger partial charge in [-0.2, -0.15) is 4.98 Å². The van der Waals surface area contributed by atoms with Crippen molar-refractivity contribution >= 4 is 11.9 Å². The van der Waals surface area contributed by atoms with E-state index in [-0.39, 0.29) is 25.6 Å². The molecule has 5 aromatic rings. The zero-order valence-corrected chi connectivity index (χ0v) is 29.0. The number of allylic oxidation sites excluding steroid dienone is 3. The summed E-state index contributed by atoms with van der Waals surface area (Å²) in [4.78, 5) is 30.4. The second-order valence-electron chi connectivity index (χ2n) is 12.6. The Morgan fingerprint density at radius 3 is 2.25 bits per heavy atom. The molecule has 0 fully saturated rings. The molecule has 1 heterocycles. The Balaban J connectivity index is 0.988. The van der Waals surface area contributed by atoms with Crippen molar-refractivity contribution in [2.24, 2.45) is 0 Å². The zero-order valence-electron chi connectivity index (χ0n) is 29.0. The molecule has 0 atom stereocenters. The molecule has 0 saturated heterocycles. The van der Waals surface area contributed by atoms with Crippen LogP contribution in [-0.2, 0) is 27.3 Å². The van der Waals surface area contributed by atoms with E-state index in [1.165, 1.54) is 18.7 Å². The third-order valence-electron chi connectivity index (χ3n) is 8.63. The number of carbonyl (C=O) groups excluding carboxylic acids is 1. The van der Waals surface area contributed by atoms with Crippen molar-refractivity contribution in [2.45, 2.75) is 32.7 Å². The van der Waals surface area contributed by atoms with E-state index in [4.69, 9.17) is 14.0 Å². The molecule has 52 heavy (non-hydrogen) atoms. The lowest BCUT2D eigenvalue weighted by molar-refractivity contribution is -0.140. The molecule has 0 aliphatic heterocycles. The number of hydrogen-bond acceptors (Lipinski definition) is 8. The molecule has 0 bridgehead atoms. The molecule has 10 nitrogen and oxygen atoms in total. The van der Waals surface area contributed by atoms with E-state index in [1.807, 2.05) is 60.7 Å². The number of rotatable bonds is 15. The van der Waals surface area contributed by atoms with Crippen LogP contribution >= 0.6 is 0 Å². The largest absolute Gasteiger partial charge is 0.497 e. The monoisotopic (exact) mass is 702 g/mol. The molecule has 4 aromatic carbocycles. The van der Waals surface area contributed by atoms with Gasteiger partial charge >= 0.3 is 5.97 Å². The van der Waals surface area contributed by atoms with E-state index in [1.54, 1.807) is 17.0 Å². The minimum atomic E-state index is -0.958. The average molecular weight is 703 g/mol. The van der Waals surface area contributed by atoms with Gasteiger partial charge in [0.25, 0.3) is 5.89 Å². The van der Waals surface area contributed by atoms with Crippen LogP contribution in [0.25, 0.3) is 34.0 Å². The van der Waals surface area contributed by atoms with Crippen molar-refractivity contribution < 1.29 is 33.1 Å². The zero-order chi connectivity index (χ0) is 36.5. The SMILES string of the molecule is COc1ccc(CC(=O)NC2=CC=C(COCN(CC(=O)O)Cc3ccc(-c4nc(-c5ccc(-c6ccc(C)cc6)cc5)no4)cc3)CC2)c(F)c1. The number of carboxylic acids is 1. The molecule has 2 N–H and O–H groups in total. The summed E-state index contributed by atoms with van der Waals surface area (Å²) in [7, 11) is 1.46. The van der Waals surface area contributed by atoms with Gasteiger partial charge in [0.15, 0.2) is 0 Å². The number of aryl methyl sites for hydroxylation is 1. The van der Waals surface area contributed by atoms with Crippen LogP contribution in [0.4, 0.5) is 4.39 Å². The maximum absolute atomic E-state index is 14.2. The van der Waals surface area contributed by atoms with E-state index >= 15 is 0 Å². The second kappa shape index (κ2) is 16.9. The standard InChI is InChI=1S/C41H39FN4O6/c1-27-3-9-30(10-4-27)31-13-15-32(16-14-31)40-44-41(52-45-40)33-11-5-28(6-12-33)23-46(24-39(48)49)26-51-25-29-7-18-35(19-8-29)43-38(47)21-34-17-20-36(50-2)22-37(34)42/h3-7,9-18,20,22H,8,19,21,23-26H2,1-2H3,(H,43,47)(H,48,49). The highest BCUT2D eigenvalue weighted by Gasteiger charge is 2.16. The van der Waals surface area contributed by atoms with Gasteiger partial charge < -0.3 is 24.4 Å². The third kappa shape index (κ3) is 9.65. The number of nitrogens with one attached hydrogen (secondary N) is 1. The summed E-state index contributed by atoms with van der Waals surface area (Å²) in [6.07, 6.45) is 4.88. The van der Waals surface area contributed by atoms with Gasteiger partial charge in [-0.25, -0.2) is 4.39 Å². The highest BCUT2D eigenvalue weighted by atomic mass is 19.1. The lowest BCUT2D eigenvalue weighted by Crippen LogP contribution is -2.32. The number of aromatic nitrogens is 2. The average Bonchev–Trinajstić information content (AvgIpc) is 3.64. The van der Waals surface area contributed by atoms with Crippen LogP contribution < -0.4 is 10.1 Å². The topological polar surface area (TPSA) is 127 Å². The maximum atomic E-state index is 14.2. The minimum absolute atomic E-state index is 0.0858. The summed E-state index contributed by atoms with van der Waals surface area (Å²) in [5.41, 5.74) is 7.99. The Hall–Kier alpha value is -5.91. The van der Waals surface area contributed by atoms with Gasteiger partial charge in [0, 0.05) is 29.4 Å². The fraction of sp³-hybridized carbons (Fsp3) is 0.220.